The standard InChI is InChI=1S/C36H40ClN3O6S/c1-5-26(2)38-36(42)32(22-27-12-8-6-9-13-27)39(24-28-14-10-7-11-15-28)35(41)25-40(30-18-16-29(37)17-19-30)47(43,44)31-20-21-33(45-3)34(23-31)46-4/h6-21,23,26,32H,5,22,24-25H2,1-4H3,(H,38,42)/t26-,32-/m1/s1. The summed E-state index contributed by atoms with van der Waals surface area (Å²) in [6.45, 7) is 3.36. The molecule has 0 saturated heterocycles. The van der Waals surface area contributed by atoms with Gasteiger partial charge in [-0.3, -0.25) is 13.9 Å². The summed E-state index contributed by atoms with van der Waals surface area (Å²) in [4.78, 5) is 29.8. The average Bonchev–Trinajstić information content (AvgIpc) is 3.09. The van der Waals surface area contributed by atoms with Crippen LogP contribution >= 0.6 is 11.6 Å². The SMILES string of the molecule is CC[C@@H](C)NC(=O)[C@@H](Cc1ccccc1)N(Cc1ccccc1)C(=O)CN(c1ccc(Cl)cc1)S(=O)(=O)c1ccc(OC)c(OC)c1. The lowest BCUT2D eigenvalue weighted by molar-refractivity contribution is -0.140. The highest BCUT2D eigenvalue weighted by molar-refractivity contribution is 7.92. The molecule has 0 aliphatic carbocycles. The molecule has 0 heterocycles. The van der Waals surface area contributed by atoms with Crippen molar-refractivity contribution < 1.29 is 27.5 Å². The number of sulfonamides is 1. The predicted octanol–water partition coefficient (Wildman–Crippen LogP) is 6.11. The van der Waals surface area contributed by atoms with Gasteiger partial charge in [-0.2, -0.15) is 0 Å². The first kappa shape index (κ1) is 35.3. The van der Waals surface area contributed by atoms with Crippen LogP contribution in [0, 0.1) is 0 Å². The number of methoxy groups -OCH3 is 2. The van der Waals surface area contributed by atoms with Gasteiger partial charge in [-0.15, -0.1) is 0 Å². The highest BCUT2D eigenvalue weighted by atomic mass is 35.5. The lowest BCUT2D eigenvalue weighted by Gasteiger charge is -2.34. The molecule has 0 radical (unpaired) electrons. The molecule has 4 rings (SSSR count). The highest BCUT2D eigenvalue weighted by Crippen LogP contribution is 2.33. The molecule has 0 aliphatic heterocycles. The Labute approximate surface area is 282 Å². The fourth-order valence-electron chi connectivity index (χ4n) is 5.02. The number of hydrogen-bond acceptors (Lipinski definition) is 6. The van der Waals surface area contributed by atoms with E-state index in [0.717, 1.165) is 15.4 Å². The molecule has 0 spiro atoms. The maximum Gasteiger partial charge on any atom is 0.264 e. The zero-order valence-corrected chi connectivity index (χ0v) is 28.5. The van der Waals surface area contributed by atoms with Crippen molar-refractivity contribution in [2.45, 2.75) is 50.2 Å². The first-order valence-corrected chi connectivity index (χ1v) is 17.1. The van der Waals surface area contributed by atoms with Crippen molar-refractivity contribution in [3.8, 4) is 11.5 Å². The van der Waals surface area contributed by atoms with Crippen LogP contribution in [0.3, 0.4) is 0 Å². The Hall–Kier alpha value is -4.54. The average molecular weight is 678 g/mol. The zero-order valence-electron chi connectivity index (χ0n) is 26.9. The molecule has 47 heavy (non-hydrogen) atoms. The van der Waals surface area contributed by atoms with Crippen molar-refractivity contribution in [2.24, 2.45) is 0 Å². The summed E-state index contributed by atoms with van der Waals surface area (Å²) < 4.78 is 40.4. The molecule has 0 bridgehead atoms. The van der Waals surface area contributed by atoms with Crippen LogP contribution in [0.5, 0.6) is 11.5 Å². The number of rotatable bonds is 15. The molecule has 4 aromatic carbocycles. The summed E-state index contributed by atoms with van der Waals surface area (Å²) in [6, 6.07) is 28.1. The summed E-state index contributed by atoms with van der Waals surface area (Å²) in [5, 5.41) is 3.44. The first-order valence-electron chi connectivity index (χ1n) is 15.2. The molecule has 4 aromatic rings. The van der Waals surface area contributed by atoms with E-state index in [0.29, 0.717) is 17.2 Å². The van der Waals surface area contributed by atoms with Crippen molar-refractivity contribution >= 4 is 39.1 Å². The van der Waals surface area contributed by atoms with Crippen LogP contribution in [0.15, 0.2) is 108 Å². The lowest BCUT2D eigenvalue weighted by atomic mass is 10.0. The second-order valence-corrected chi connectivity index (χ2v) is 13.3. The molecule has 0 fully saturated rings. The van der Waals surface area contributed by atoms with E-state index in [-0.39, 0.29) is 41.2 Å². The molecular weight excluding hydrogens is 638 g/mol. The van der Waals surface area contributed by atoms with Gasteiger partial charge in [-0.25, -0.2) is 8.42 Å². The largest absolute Gasteiger partial charge is 0.493 e. The fourth-order valence-corrected chi connectivity index (χ4v) is 6.57. The van der Waals surface area contributed by atoms with Gasteiger partial charge in [0.15, 0.2) is 11.5 Å². The first-order chi connectivity index (χ1) is 22.6. The van der Waals surface area contributed by atoms with E-state index in [1.165, 1.54) is 49.5 Å². The highest BCUT2D eigenvalue weighted by Gasteiger charge is 2.35. The van der Waals surface area contributed by atoms with Crippen LogP contribution in [-0.4, -0.2) is 58.0 Å². The Morgan fingerprint density at radius 3 is 2.00 bits per heavy atom. The smallest absolute Gasteiger partial charge is 0.264 e. The van der Waals surface area contributed by atoms with Crippen LogP contribution in [-0.2, 0) is 32.6 Å². The zero-order chi connectivity index (χ0) is 34.0. The monoisotopic (exact) mass is 677 g/mol. The van der Waals surface area contributed by atoms with E-state index in [1.807, 2.05) is 74.5 Å². The van der Waals surface area contributed by atoms with Crippen LogP contribution in [0.25, 0.3) is 0 Å². The van der Waals surface area contributed by atoms with Gasteiger partial charge in [0.2, 0.25) is 11.8 Å². The number of ether oxygens (including phenoxy) is 2. The van der Waals surface area contributed by atoms with E-state index >= 15 is 0 Å². The summed E-state index contributed by atoms with van der Waals surface area (Å²) in [5.74, 6) is -0.321. The van der Waals surface area contributed by atoms with Gasteiger partial charge in [0.1, 0.15) is 12.6 Å². The maximum atomic E-state index is 14.6. The number of carbonyl (C=O) groups is 2. The van der Waals surface area contributed by atoms with Gasteiger partial charge in [-0.05, 0) is 60.9 Å². The number of anilines is 1. The Kier molecular flexibility index (Phi) is 12.3. The normalized spacial score (nSPS) is 12.4. The van der Waals surface area contributed by atoms with E-state index in [2.05, 4.69) is 5.32 Å². The quantitative estimate of drug-likeness (QED) is 0.163. The van der Waals surface area contributed by atoms with Crippen molar-refractivity contribution in [2.75, 3.05) is 25.1 Å². The van der Waals surface area contributed by atoms with Gasteiger partial charge in [0.25, 0.3) is 10.0 Å². The van der Waals surface area contributed by atoms with E-state index in [1.54, 1.807) is 12.1 Å². The molecule has 0 saturated carbocycles. The summed E-state index contributed by atoms with van der Waals surface area (Å²) >= 11 is 6.16. The number of hydrogen-bond donors (Lipinski definition) is 1. The van der Waals surface area contributed by atoms with E-state index in [9.17, 15) is 18.0 Å². The maximum absolute atomic E-state index is 14.6. The second kappa shape index (κ2) is 16.3. The number of nitrogens with zero attached hydrogens (tertiary/aromatic N) is 2. The third-order valence-electron chi connectivity index (χ3n) is 7.80. The molecule has 1 N–H and O–H groups in total. The Morgan fingerprint density at radius 1 is 0.830 bits per heavy atom. The van der Waals surface area contributed by atoms with Crippen molar-refractivity contribution in [1.29, 1.82) is 0 Å². The number of amides is 2. The molecule has 2 amide bonds. The molecule has 2 atom stereocenters. The Balaban J connectivity index is 1.81. The topological polar surface area (TPSA) is 105 Å². The molecule has 0 aromatic heterocycles. The summed E-state index contributed by atoms with van der Waals surface area (Å²) in [6.07, 6.45) is 0.926. The molecule has 9 nitrogen and oxygen atoms in total. The van der Waals surface area contributed by atoms with E-state index < -0.39 is 28.5 Å². The Bertz CT molecular complexity index is 1740. The summed E-state index contributed by atoms with van der Waals surface area (Å²) in [7, 11) is -1.48. The van der Waals surface area contributed by atoms with Crippen molar-refractivity contribution in [3.05, 3.63) is 119 Å². The second-order valence-electron chi connectivity index (χ2n) is 11.0. The van der Waals surface area contributed by atoms with Gasteiger partial charge in [0.05, 0.1) is 24.8 Å². The number of nitrogens with one attached hydrogen (secondary N) is 1. The minimum atomic E-state index is -4.35. The number of benzene rings is 4. The fraction of sp³-hybridized carbons (Fsp3) is 0.278. The van der Waals surface area contributed by atoms with Crippen molar-refractivity contribution in [1.82, 2.24) is 10.2 Å². The molecule has 248 valence electrons. The Morgan fingerprint density at radius 2 is 1.43 bits per heavy atom. The molecule has 0 aliphatic rings. The van der Waals surface area contributed by atoms with Crippen LogP contribution in [0.1, 0.15) is 31.4 Å². The number of halogens is 1. The van der Waals surface area contributed by atoms with Crippen LogP contribution in [0.4, 0.5) is 5.69 Å². The van der Waals surface area contributed by atoms with Crippen LogP contribution < -0.4 is 19.1 Å². The third kappa shape index (κ3) is 9.05. The molecule has 11 heteroatoms. The van der Waals surface area contributed by atoms with Gasteiger partial charge in [0, 0.05) is 30.1 Å². The van der Waals surface area contributed by atoms with Gasteiger partial charge < -0.3 is 19.7 Å². The minimum Gasteiger partial charge on any atom is -0.493 e. The van der Waals surface area contributed by atoms with E-state index in [4.69, 9.17) is 21.1 Å². The molecule has 0 unspecified atom stereocenters. The predicted molar refractivity (Wildman–Crippen MR) is 184 cm³/mol. The minimum absolute atomic E-state index is 0.0793. The molecular formula is C36H40ClN3O6S. The van der Waals surface area contributed by atoms with Gasteiger partial charge >= 0.3 is 0 Å². The lowest BCUT2D eigenvalue weighted by Crippen LogP contribution is -2.54. The van der Waals surface area contributed by atoms with Gasteiger partial charge in [-0.1, -0.05) is 79.2 Å². The number of carbonyl (C=O) groups excluding carboxylic acids is 2. The van der Waals surface area contributed by atoms with Crippen molar-refractivity contribution in [3.63, 3.8) is 0 Å². The summed E-state index contributed by atoms with van der Waals surface area (Å²) in [5.41, 5.74) is 1.87. The van der Waals surface area contributed by atoms with Crippen LogP contribution in [0.2, 0.25) is 5.02 Å². The third-order valence-corrected chi connectivity index (χ3v) is 9.83.